The maximum absolute atomic E-state index is 6.05. The first-order chi connectivity index (χ1) is 10.3. The molecule has 0 heterocycles. The van der Waals surface area contributed by atoms with Crippen LogP contribution in [0.2, 0.25) is 5.02 Å². The second kappa shape index (κ2) is 9.10. The normalized spacial score (nSPS) is 11.1. The molecule has 0 spiro atoms. The minimum Gasteiger partial charge on any atom is -0.0843 e. The second-order valence-electron chi connectivity index (χ2n) is 5.68. The van der Waals surface area contributed by atoms with Crippen LogP contribution in [0, 0.1) is 13.3 Å². The maximum Gasteiger partial charge on any atom is 0.0412 e. The van der Waals surface area contributed by atoms with Crippen LogP contribution in [-0.2, 0) is 0 Å². The second-order valence-corrected chi connectivity index (χ2v) is 6.12. The predicted molar refractivity (Wildman–Crippen MR) is 94.7 cm³/mol. The third-order valence-electron chi connectivity index (χ3n) is 3.94. The Labute approximate surface area is 134 Å². The fraction of sp³-hybridized carbons (Fsp3) is 0.400. The summed E-state index contributed by atoms with van der Waals surface area (Å²) in [6.07, 6.45) is 12.6. The van der Waals surface area contributed by atoms with E-state index >= 15 is 0 Å². The van der Waals surface area contributed by atoms with Crippen molar-refractivity contribution >= 4 is 22.4 Å². The summed E-state index contributed by atoms with van der Waals surface area (Å²) in [5.74, 6) is 0. The molecule has 0 N–H and O–H groups in total. The van der Waals surface area contributed by atoms with Gasteiger partial charge in [0, 0.05) is 5.02 Å². The molecule has 0 saturated carbocycles. The van der Waals surface area contributed by atoms with Crippen molar-refractivity contribution < 1.29 is 0 Å². The van der Waals surface area contributed by atoms with Crippen LogP contribution < -0.4 is 0 Å². The van der Waals surface area contributed by atoms with E-state index in [9.17, 15) is 0 Å². The monoisotopic (exact) mass is 300 g/mol. The largest absolute Gasteiger partial charge is 0.0843 e. The van der Waals surface area contributed by atoms with Crippen molar-refractivity contribution in [2.45, 2.75) is 51.4 Å². The number of unbranched alkanes of at least 4 members (excludes halogenated alkanes) is 7. The van der Waals surface area contributed by atoms with E-state index in [1.165, 1.54) is 54.9 Å². The quantitative estimate of drug-likeness (QED) is 0.437. The third kappa shape index (κ3) is 5.36. The molecule has 2 aromatic rings. The van der Waals surface area contributed by atoms with Crippen LogP contribution in [0.5, 0.6) is 0 Å². The molecule has 0 saturated heterocycles. The average molecular weight is 301 g/mol. The lowest BCUT2D eigenvalue weighted by molar-refractivity contribution is 0.596. The Balaban J connectivity index is 1.76. The molecule has 2 rings (SSSR count). The lowest BCUT2D eigenvalue weighted by Gasteiger charge is -2.07. The van der Waals surface area contributed by atoms with Gasteiger partial charge in [0.05, 0.1) is 0 Å². The van der Waals surface area contributed by atoms with Crippen molar-refractivity contribution in [1.29, 1.82) is 0 Å². The Morgan fingerprint density at radius 1 is 0.905 bits per heavy atom. The summed E-state index contributed by atoms with van der Waals surface area (Å²) in [5.41, 5.74) is 1.33. The Morgan fingerprint density at radius 2 is 1.67 bits per heavy atom. The summed E-state index contributed by atoms with van der Waals surface area (Å²) in [7, 11) is 0. The summed E-state index contributed by atoms with van der Waals surface area (Å²) in [4.78, 5) is 0. The van der Waals surface area contributed by atoms with Crippen molar-refractivity contribution in [2.24, 2.45) is 0 Å². The van der Waals surface area contributed by atoms with Crippen molar-refractivity contribution in [1.82, 2.24) is 0 Å². The number of hydrogen-bond donors (Lipinski definition) is 0. The minimum absolute atomic E-state index is 0.807. The minimum atomic E-state index is 0.807. The summed E-state index contributed by atoms with van der Waals surface area (Å²) in [6, 6.07) is 12.6. The van der Waals surface area contributed by atoms with Crippen molar-refractivity contribution in [3.63, 3.8) is 0 Å². The first-order valence-corrected chi connectivity index (χ1v) is 8.50. The molecule has 2 radical (unpaired) electrons. The van der Waals surface area contributed by atoms with E-state index in [4.69, 9.17) is 11.6 Å². The highest BCUT2D eigenvalue weighted by atomic mass is 35.5. The predicted octanol–water partition coefficient (Wildman–Crippen LogP) is 7.00. The topological polar surface area (TPSA) is 0 Å². The zero-order valence-corrected chi connectivity index (χ0v) is 13.5. The Bertz CT molecular complexity index is 545. The zero-order chi connectivity index (χ0) is 14.9. The van der Waals surface area contributed by atoms with E-state index in [1.54, 1.807) is 0 Å². The third-order valence-corrected chi connectivity index (χ3v) is 4.18. The van der Waals surface area contributed by atoms with Gasteiger partial charge in [-0.3, -0.25) is 0 Å². The SMILES string of the molecule is [CH2]CCCCCCCC[CH]c1cccc2cc(Cl)ccc12. The summed E-state index contributed by atoms with van der Waals surface area (Å²) >= 11 is 6.05. The number of hydrogen-bond acceptors (Lipinski definition) is 0. The molecule has 0 bridgehead atoms. The molecule has 0 aliphatic rings. The fourth-order valence-electron chi connectivity index (χ4n) is 2.74. The van der Waals surface area contributed by atoms with Gasteiger partial charge in [0.1, 0.15) is 0 Å². The number of halogens is 1. The molecular formula is C20H25Cl. The lowest BCUT2D eigenvalue weighted by Crippen LogP contribution is -1.86. The van der Waals surface area contributed by atoms with E-state index in [-0.39, 0.29) is 0 Å². The van der Waals surface area contributed by atoms with Crippen LogP contribution in [0.15, 0.2) is 36.4 Å². The standard InChI is InChI=1S/C20H25Cl/c1-2-3-4-5-6-7-8-9-11-17-12-10-13-18-16-19(21)14-15-20(17)18/h10-16H,1-9H2. The molecule has 112 valence electrons. The van der Waals surface area contributed by atoms with Gasteiger partial charge < -0.3 is 0 Å². The smallest absolute Gasteiger partial charge is 0.0412 e. The van der Waals surface area contributed by atoms with Crippen molar-refractivity contribution in [3.8, 4) is 0 Å². The first-order valence-electron chi connectivity index (χ1n) is 8.12. The van der Waals surface area contributed by atoms with Crippen LogP contribution in [0.1, 0.15) is 56.9 Å². The molecule has 0 aliphatic heterocycles. The van der Waals surface area contributed by atoms with Crippen LogP contribution >= 0.6 is 11.6 Å². The van der Waals surface area contributed by atoms with Crippen molar-refractivity contribution in [3.05, 3.63) is 60.3 Å². The maximum atomic E-state index is 6.05. The highest BCUT2D eigenvalue weighted by Gasteiger charge is 2.02. The van der Waals surface area contributed by atoms with Gasteiger partial charge in [0.15, 0.2) is 0 Å². The van der Waals surface area contributed by atoms with Crippen LogP contribution in [0.3, 0.4) is 0 Å². The van der Waals surface area contributed by atoms with Crippen LogP contribution in [0.4, 0.5) is 0 Å². The lowest BCUT2D eigenvalue weighted by atomic mass is 9.99. The summed E-state index contributed by atoms with van der Waals surface area (Å²) in [5, 5.41) is 3.34. The van der Waals surface area contributed by atoms with Gasteiger partial charge in [-0.15, -0.1) is 0 Å². The highest BCUT2D eigenvalue weighted by Crippen LogP contribution is 2.25. The molecule has 0 fully saturated rings. The fourth-order valence-corrected chi connectivity index (χ4v) is 2.92. The van der Waals surface area contributed by atoms with Gasteiger partial charge in [0.2, 0.25) is 0 Å². The van der Waals surface area contributed by atoms with E-state index < -0.39 is 0 Å². The van der Waals surface area contributed by atoms with Gasteiger partial charge in [-0.2, -0.15) is 0 Å². The van der Waals surface area contributed by atoms with Crippen molar-refractivity contribution in [2.75, 3.05) is 0 Å². The molecule has 0 amide bonds. The molecule has 2 aromatic carbocycles. The molecule has 0 aliphatic carbocycles. The molecule has 1 heteroatoms. The average Bonchev–Trinajstić information content (AvgIpc) is 2.49. The number of rotatable bonds is 9. The molecule has 21 heavy (non-hydrogen) atoms. The van der Waals surface area contributed by atoms with Gasteiger partial charge in [-0.1, -0.05) is 87.7 Å². The van der Waals surface area contributed by atoms with Gasteiger partial charge in [-0.25, -0.2) is 0 Å². The Kier molecular flexibility index (Phi) is 7.09. The Hall–Kier alpha value is -1.01. The van der Waals surface area contributed by atoms with Crippen LogP contribution in [0.25, 0.3) is 10.8 Å². The molecule has 0 unspecified atom stereocenters. The summed E-state index contributed by atoms with van der Waals surface area (Å²) in [6.45, 7) is 3.88. The molecule has 0 atom stereocenters. The van der Waals surface area contributed by atoms with E-state index in [2.05, 4.69) is 37.6 Å². The summed E-state index contributed by atoms with van der Waals surface area (Å²) < 4.78 is 0. The molecular weight excluding hydrogens is 276 g/mol. The number of benzene rings is 2. The van der Waals surface area contributed by atoms with E-state index in [0.717, 1.165) is 17.9 Å². The number of fused-ring (bicyclic) bond motifs is 1. The first kappa shape index (κ1) is 16.4. The van der Waals surface area contributed by atoms with E-state index in [1.807, 2.05) is 12.1 Å². The zero-order valence-electron chi connectivity index (χ0n) is 12.8. The van der Waals surface area contributed by atoms with Gasteiger partial charge in [-0.05, 0) is 41.3 Å². The van der Waals surface area contributed by atoms with E-state index in [0.29, 0.717) is 0 Å². The molecule has 0 aromatic heterocycles. The highest BCUT2D eigenvalue weighted by molar-refractivity contribution is 6.31. The Morgan fingerprint density at radius 3 is 2.48 bits per heavy atom. The van der Waals surface area contributed by atoms with Gasteiger partial charge >= 0.3 is 0 Å². The molecule has 0 nitrogen and oxygen atoms in total. The van der Waals surface area contributed by atoms with Gasteiger partial charge in [0.25, 0.3) is 0 Å². The van der Waals surface area contributed by atoms with Crippen LogP contribution in [-0.4, -0.2) is 0 Å².